The number of carbonyl (C=O) groups is 3. The summed E-state index contributed by atoms with van der Waals surface area (Å²) >= 11 is 5.12. The predicted octanol–water partition coefficient (Wildman–Crippen LogP) is 1.19. The number of ether oxygens (including phenoxy) is 2. The third kappa shape index (κ3) is 7.00. The van der Waals surface area contributed by atoms with Crippen molar-refractivity contribution in [3.05, 3.63) is 12.7 Å². The van der Waals surface area contributed by atoms with Gasteiger partial charge >= 0.3 is 11.9 Å². The van der Waals surface area contributed by atoms with E-state index >= 15 is 0 Å². The Morgan fingerprint density at radius 2 is 2.06 bits per heavy atom. The Bertz CT molecular complexity index is 287. The average molecular weight is 249 g/mol. The van der Waals surface area contributed by atoms with Gasteiger partial charge in [0, 0.05) is 19.8 Å². The van der Waals surface area contributed by atoms with E-state index in [1.807, 2.05) is 0 Å². The van der Waals surface area contributed by atoms with Crippen LogP contribution in [-0.4, -0.2) is 29.9 Å². The molecular weight excluding hydrogens is 236 g/mol. The fraction of sp³-hybridized carbons (Fsp3) is 0.500. The molecule has 0 aliphatic heterocycles. The summed E-state index contributed by atoms with van der Waals surface area (Å²) < 4.78 is 9.40. The normalized spacial score (nSPS) is 11.4. The van der Waals surface area contributed by atoms with E-state index in [1.165, 1.54) is 6.08 Å². The Morgan fingerprint density at radius 1 is 1.44 bits per heavy atom. The van der Waals surface area contributed by atoms with Crippen molar-refractivity contribution < 1.29 is 23.9 Å². The van der Waals surface area contributed by atoms with E-state index < -0.39 is 23.3 Å². The number of esters is 2. The fourth-order valence-corrected chi connectivity index (χ4v) is 1.01. The first-order chi connectivity index (χ1) is 7.47. The van der Waals surface area contributed by atoms with Crippen molar-refractivity contribution in [3.8, 4) is 0 Å². The Kier molecular flexibility index (Phi) is 7.20. The van der Waals surface area contributed by atoms with Crippen molar-refractivity contribution in [2.75, 3.05) is 6.61 Å². The molecule has 0 rings (SSSR count). The molecule has 0 fully saturated rings. The summed E-state index contributed by atoms with van der Waals surface area (Å²) in [7, 11) is 0. The maximum atomic E-state index is 11.3. The second-order valence-corrected chi connectivity index (χ2v) is 3.33. The minimum absolute atomic E-state index is 0.0118. The van der Waals surface area contributed by atoms with Crippen molar-refractivity contribution in [2.24, 2.45) is 0 Å². The summed E-state index contributed by atoms with van der Waals surface area (Å²) in [5, 5.41) is -0.603. The van der Waals surface area contributed by atoms with Gasteiger partial charge in [-0.15, -0.1) is 0 Å². The SMILES string of the molecule is C=CCOC(=O)C(CCC(=O)Cl)OC(C)=O. The quantitative estimate of drug-likeness (QED) is 0.385. The van der Waals surface area contributed by atoms with E-state index in [0.717, 1.165) is 6.92 Å². The van der Waals surface area contributed by atoms with Crippen LogP contribution in [0.1, 0.15) is 19.8 Å². The van der Waals surface area contributed by atoms with Gasteiger partial charge in [0.2, 0.25) is 5.24 Å². The second-order valence-electron chi connectivity index (χ2n) is 2.91. The third-order valence-corrected chi connectivity index (χ3v) is 1.71. The van der Waals surface area contributed by atoms with Crippen LogP contribution < -0.4 is 0 Å². The van der Waals surface area contributed by atoms with Crippen LogP contribution >= 0.6 is 11.6 Å². The van der Waals surface area contributed by atoms with E-state index in [1.54, 1.807) is 0 Å². The summed E-state index contributed by atoms with van der Waals surface area (Å²) in [6.45, 7) is 4.55. The molecule has 0 aromatic rings. The summed E-state index contributed by atoms with van der Waals surface area (Å²) in [6, 6.07) is 0. The fourth-order valence-electron chi connectivity index (χ4n) is 0.904. The largest absolute Gasteiger partial charge is 0.459 e. The molecule has 0 aromatic carbocycles. The Balaban J connectivity index is 4.27. The van der Waals surface area contributed by atoms with Gasteiger partial charge in [0.1, 0.15) is 6.61 Å². The first-order valence-corrected chi connectivity index (χ1v) is 4.98. The molecule has 6 heteroatoms. The van der Waals surface area contributed by atoms with Crippen LogP contribution in [0.4, 0.5) is 0 Å². The number of carbonyl (C=O) groups excluding carboxylic acids is 3. The first-order valence-electron chi connectivity index (χ1n) is 4.60. The molecule has 0 aliphatic carbocycles. The maximum absolute atomic E-state index is 11.3. The van der Waals surface area contributed by atoms with Gasteiger partial charge in [0.05, 0.1) is 0 Å². The highest BCUT2D eigenvalue weighted by molar-refractivity contribution is 6.63. The summed E-state index contributed by atoms with van der Waals surface area (Å²) in [6.07, 6.45) is 0.232. The minimum atomic E-state index is -1.10. The first kappa shape index (κ1) is 14.6. The van der Waals surface area contributed by atoms with Gasteiger partial charge in [-0.2, -0.15) is 0 Å². The monoisotopic (exact) mass is 248 g/mol. The zero-order valence-corrected chi connectivity index (χ0v) is 9.66. The smallest absolute Gasteiger partial charge is 0.347 e. The highest BCUT2D eigenvalue weighted by Gasteiger charge is 2.23. The van der Waals surface area contributed by atoms with Crippen molar-refractivity contribution in [3.63, 3.8) is 0 Å². The molecule has 0 saturated carbocycles. The number of halogens is 1. The standard InChI is InChI=1S/C10H13ClO5/c1-3-6-15-10(14)8(16-7(2)12)4-5-9(11)13/h3,8H,1,4-6H2,2H3. The van der Waals surface area contributed by atoms with Gasteiger partial charge in [-0.3, -0.25) is 9.59 Å². The lowest BCUT2D eigenvalue weighted by Crippen LogP contribution is -2.29. The molecule has 5 nitrogen and oxygen atoms in total. The molecule has 0 aliphatic rings. The lowest BCUT2D eigenvalue weighted by atomic mass is 10.2. The van der Waals surface area contributed by atoms with Gasteiger partial charge < -0.3 is 9.47 Å². The van der Waals surface area contributed by atoms with Crippen LogP contribution in [0.25, 0.3) is 0 Å². The molecule has 0 heterocycles. The van der Waals surface area contributed by atoms with Gasteiger partial charge in [-0.25, -0.2) is 4.79 Å². The number of hydrogen-bond donors (Lipinski definition) is 0. The van der Waals surface area contributed by atoms with E-state index in [4.69, 9.17) is 21.1 Å². The van der Waals surface area contributed by atoms with Crippen LogP contribution in [0.3, 0.4) is 0 Å². The Labute approximate surface area is 98.3 Å². The summed E-state index contributed by atoms with van der Waals surface area (Å²) in [5.41, 5.74) is 0. The molecule has 0 saturated heterocycles. The van der Waals surface area contributed by atoms with Crippen molar-refractivity contribution >= 4 is 28.8 Å². The zero-order chi connectivity index (χ0) is 12.6. The third-order valence-electron chi connectivity index (χ3n) is 1.52. The molecule has 0 radical (unpaired) electrons. The van der Waals surface area contributed by atoms with E-state index in [2.05, 4.69) is 6.58 Å². The molecule has 0 aromatic heterocycles. The van der Waals surface area contributed by atoms with Crippen LogP contribution in [-0.2, 0) is 23.9 Å². The lowest BCUT2D eigenvalue weighted by molar-refractivity contribution is -0.166. The van der Waals surface area contributed by atoms with Crippen LogP contribution in [0.15, 0.2) is 12.7 Å². The molecule has 0 amide bonds. The predicted molar refractivity (Wildman–Crippen MR) is 56.8 cm³/mol. The molecule has 1 atom stereocenters. The van der Waals surface area contributed by atoms with Crippen molar-refractivity contribution in [1.82, 2.24) is 0 Å². The van der Waals surface area contributed by atoms with E-state index in [-0.39, 0.29) is 19.4 Å². The molecule has 0 spiro atoms. The Morgan fingerprint density at radius 3 is 2.50 bits per heavy atom. The highest BCUT2D eigenvalue weighted by atomic mass is 35.5. The summed E-state index contributed by atoms with van der Waals surface area (Å²) in [4.78, 5) is 32.6. The van der Waals surface area contributed by atoms with Crippen molar-refractivity contribution in [2.45, 2.75) is 25.9 Å². The molecule has 0 N–H and O–H groups in total. The molecule has 16 heavy (non-hydrogen) atoms. The molecule has 90 valence electrons. The zero-order valence-electron chi connectivity index (χ0n) is 8.90. The van der Waals surface area contributed by atoms with E-state index in [9.17, 15) is 14.4 Å². The average Bonchev–Trinajstić information content (AvgIpc) is 2.19. The van der Waals surface area contributed by atoms with Gasteiger partial charge in [-0.05, 0) is 11.6 Å². The van der Waals surface area contributed by atoms with Gasteiger partial charge in [-0.1, -0.05) is 12.7 Å². The number of hydrogen-bond acceptors (Lipinski definition) is 5. The topological polar surface area (TPSA) is 69.7 Å². The van der Waals surface area contributed by atoms with Crippen LogP contribution in [0.2, 0.25) is 0 Å². The molecule has 1 unspecified atom stereocenters. The van der Waals surface area contributed by atoms with E-state index in [0.29, 0.717) is 0 Å². The van der Waals surface area contributed by atoms with Crippen molar-refractivity contribution in [1.29, 1.82) is 0 Å². The summed E-state index contributed by atoms with van der Waals surface area (Å²) in [5.74, 6) is -1.34. The molecule has 0 bridgehead atoms. The number of rotatable bonds is 7. The van der Waals surface area contributed by atoms with Crippen LogP contribution in [0, 0.1) is 0 Å². The molecular formula is C10H13ClO5. The minimum Gasteiger partial charge on any atom is -0.459 e. The second kappa shape index (κ2) is 7.87. The Hall–Kier alpha value is -1.36. The van der Waals surface area contributed by atoms with Gasteiger partial charge in [0.15, 0.2) is 6.10 Å². The van der Waals surface area contributed by atoms with Crippen LogP contribution in [0.5, 0.6) is 0 Å². The maximum Gasteiger partial charge on any atom is 0.347 e. The lowest BCUT2D eigenvalue weighted by Gasteiger charge is -2.14. The highest BCUT2D eigenvalue weighted by Crippen LogP contribution is 2.07. The van der Waals surface area contributed by atoms with Gasteiger partial charge in [0.25, 0.3) is 0 Å².